The molecule has 1 aliphatic heterocycles. The molecule has 2 heterocycles. The summed E-state index contributed by atoms with van der Waals surface area (Å²) in [6, 6.07) is 13.4. The van der Waals surface area contributed by atoms with Gasteiger partial charge in [-0.05, 0) is 37.6 Å². The molecule has 0 unspecified atom stereocenters. The van der Waals surface area contributed by atoms with Crippen LogP contribution in [-0.2, 0) is 0 Å². The third kappa shape index (κ3) is 3.54. The third-order valence-corrected chi connectivity index (χ3v) is 4.28. The Morgan fingerprint density at radius 1 is 1.17 bits per heavy atom. The molecule has 1 amide bonds. The molecule has 5 nitrogen and oxygen atoms in total. The number of hydrogen-bond acceptors (Lipinski definition) is 4. The second-order valence-electron chi connectivity index (χ2n) is 6.02. The fourth-order valence-electron chi connectivity index (χ4n) is 2.98. The summed E-state index contributed by atoms with van der Waals surface area (Å²) in [6.07, 6.45) is 2.65. The average molecular weight is 320 g/mol. The van der Waals surface area contributed by atoms with Gasteiger partial charge in [-0.25, -0.2) is 4.98 Å². The van der Waals surface area contributed by atoms with E-state index in [-0.39, 0.29) is 5.91 Å². The van der Waals surface area contributed by atoms with Crippen molar-refractivity contribution in [3.05, 3.63) is 59.4 Å². The Morgan fingerprint density at radius 3 is 2.75 bits per heavy atom. The Kier molecular flexibility index (Phi) is 4.76. The molecule has 5 heteroatoms. The molecule has 1 fully saturated rings. The van der Waals surface area contributed by atoms with Crippen LogP contribution in [0.25, 0.3) is 0 Å². The molecule has 1 aromatic carbocycles. The molecule has 1 aliphatic rings. The van der Waals surface area contributed by atoms with Gasteiger partial charge in [0.15, 0.2) is 0 Å². The molecule has 24 heavy (non-hydrogen) atoms. The molecule has 1 saturated heterocycles. The number of nitriles is 1. The smallest absolute Gasteiger partial charge is 0.253 e. The number of benzene rings is 1. The van der Waals surface area contributed by atoms with Crippen molar-refractivity contribution in [1.29, 1.82) is 5.26 Å². The van der Waals surface area contributed by atoms with Crippen molar-refractivity contribution in [2.75, 3.05) is 31.1 Å². The van der Waals surface area contributed by atoms with E-state index in [0.29, 0.717) is 12.2 Å². The van der Waals surface area contributed by atoms with Crippen LogP contribution in [0, 0.1) is 18.3 Å². The second-order valence-corrected chi connectivity index (χ2v) is 6.02. The molecular formula is C19H20N4O. The summed E-state index contributed by atoms with van der Waals surface area (Å²) in [4.78, 5) is 21.0. The highest BCUT2D eigenvalue weighted by Crippen LogP contribution is 2.17. The minimum atomic E-state index is 0.0958. The zero-order chi connectivity index (χ0) is 16.9. The van der Waals surface area contributed by atoms with Crippen LogP contribution in [0.4, 0.5) is 5.69 Å². The quantitative estimate of drug-likeness (QED) is 0.853. The van der Waals surface area contributed by atoms with Gasteiger partial charge in [-0.3, -0.25) is 4.79 Å². The summed E-state index contributed by atoms with van der Waals surface area (Å²) in [7, 11) is 0. The first-order valence-corrected chi connectivity index (χ1v) is 8.14. The van der Waals surface area contributed by atoms with Crippen LogP contribution in [-0.4, -0.2) is 42.0 Å². The van der Waals surface area contributed by atoms with Crippen LogP contribution in [0.1, 0.15) is 28.0 Å². The SMILES string of the molecule is Cc1cccc(C(=O)N2CCCN(c3ccc(C#N)nc3)CC2)c1. The monoisotopic (exact) mass is 320 g/mol. The Balaban J connectivity index is 1.68. The van der Waals surface area contributed by atoms with Gasteiger partial charge < -0.3 is 9.80 Å². The Bertz CT molecular complexity index is 764. The van der Waals surface area contributed by atoms with Crippen LogP contribution >= 0.6 is 0 Å². The van der Waals surface area contributed by atoms with E-state index in [1.807, 2.05) is 48.2 Å². The van der Waals surface area contributed by atoms with E-state index in [9.17, 15) is 4.79 Å². The lowest BCUT2D eigenvalue weighted by atomic mass is 10.1. The lowest BCUT2D eigenvalue weighted by molar-refractivity contribution is 0.0767. The third-order valence-electron chi connectivity index (χ3n) is 4.28. The van der Waals surface area contributed by atoms with Gasteiger partial charge in [-0.1, -0.05) is 17.7 Å². The average Bonchev–Trinajstić information content (AvgIpc) is 2.87. The predicted octanol–water partition coefficient (Wildman–Crippen LogP) is 2.61. The molecule has 1 aromatic heterocycles. The second kappa shape index (κ2) is 7.14. The van der Waals surface area contributed by atoms with Gasteiger partial charge in [0.1, 0.15) is 11.8 Å². The molecule has 122 valence electrons. The topological polar surface area (TPSA) is 60.2 Å². The van der Waals surface area contributed by atoms with E-state index in [1.165, 1.54) is 0 Å². The van der Waals surface area contributed by atoms with Gasteiger partial charge in [0.25, 0.3) is 5.91 Å². The van der Waals surface area contributed by atoms with E-state index in [0.717, 1.165) is 42.9 Å². The summed E-state index contributed by atoms with van der Waals surface area (Å²) < 4.78 is 0. The maximum atomic E-state index is 12.7. The normalized spacial score (nSPS) is 14.8. The fourth-order valence-corrected chi connectivity index (χ4v) is 2.98. The van der Waals surface area contributed by atoms with Crippen LogP contribution in [0.2, 0.25) is 0 Å². The zero-order valence-corrected chi connectivity index (χ0v) is 13.8. The number of aryl methyl sites for hydroxylation is 1. The molecule has 0 saturated carbocycles. The number of hydrogen-bond donors (Lipinski definition) is 0. The van der Waals surface area contributed by atoms with Gasteiger partial charge in [-0.15, -0.1) is 0 Å². The van der Waals surface area contributed by atoms with Crippen LogP contribution in [0.3, 0.4) is 0 Å². The van der Waals surface area contributed by atoms with E-state index < -0.39 is 0 Å². The van der Waals surface area contributed by atoms with Gasteiger partial charge >= 0.3 is 0 Å². The summed E-state index contributed by atoms with van der Waals surface area (Å²) >= 11 is 0. The molecule has 0 radical (unpaired) electrons. The number of rotatable bonds is 2. The van der Waals surface area contributed by atoms with Crippen molar-refractivity contribution in [2.45, 2.75) is 13.3 Å². The summed E-state index contributed by atoms with van der Waals surface area (Å²) in [5.74, 6) is 0.0958. The largest absolute Gasteiger partial charge is 0.368 e. The molecule has 2 aromatic rings. The van der Waals surface area contributed by atoms with Gasteiger partial charge in [0.05, 0.1) is 11.9 Å². The number of carbonyl (C=O) groups is 1. The predicted molar refractivity (Wildman–Crippen MR) is 92.9 cm³/mol. The maximum Gasteiger partial charge on any atom is 0.253 e. The van der Waals surface area contributed by atoms with Crippen molar-refractivity contribution < 1.29 is 4.79 Å². The van der Waals surface area contributed by atoms with Crippen LogP contribution in [0.5, 0.6) is 0 Å². The van der Waals surface area contributed by atoms with Crippen LogP contribution in [0.15, 0.2) is 42.6 Å². The Morgan fingerprint density at radius 2 is 2.04 bits per heavy atom. The molecule has 0 atom stereocenters. The first kappa shape index (κ1) is 16.0. The minimum Gasteiger partial charge on any atom is -0.368 e. The van der Waals surface area contributed by atoms with E-state index in [2.05, 4.69) is 9.88 Å². The number of aromatic nitrogens is 1. The standard InChI is InChI=1S/C19H20N4O/c1-15-4-2-5-16(12-15)19(24)23-9-3-8-22(10-11-23)18-7-6-17(13-20)21-14-18/h2,4-7,12,14H,3,8-11H2,1H3. The van der Waals surface area contributed by atoms with Gasteiger partial charge in [-0.2, -0.15) is 5.26 Å². The maximum absolute atomic E-state index is 12.7. The molecule has 0 aliphatic carbocycles. The molecule has 0 bridgehead atoms. The summed E-state index contributed by atoms with van der Waals surface area (Å²) in [5.41, 5.74) is 3.27. The lowest BCUT2D eigenvalue weighted by Crippen LogP contribution is -2.35. The fraction of sp³-hybridized carbons (Fsp3) is 0.316. The van der Waals surface area contributed by atoms with Crippen molar-refractivity contribution in [3.8, 4) is 6.07 Å². The van der Waals surface area contributed by atoms with Crippen molar-refractivity contribution in [1.82, 2.24) is 9.88 Å². The highest BCUT2D eigenvalue weighted by atomic mass is 16.2. The summed E-state index contributed by atoms with van der Waals surface area (Å²) in [6.45, 7) is 5.09. The van der Waals surface area contributed by atoms with Gasteiger partial charge in [0.2, 0.25) is 0 Å². The van der Waals surface area contributed by atoms with Crippen molar-refractivity contribution in [3.63, 3.8) is 0 Å². The van der Waals surface area contributed by atoms with Gasteiger partial charge in [0, 0.05) is 31.7 Å². The molecule has 0 N–H and O–H groups in total. The highest BCUT2D eigenvalue weighted by Gasteiger charge is 2.20. The van der Waals surface area contributed by atoms with Crippen molar-refractivity contribution in [2.24, 2.45) is 0 Å². The first-order chi connectivity index (χ1) is 11.7. The lowest BCUT2D eigenvalue weighted by Gasteiger charge is -2.23. The molecular weight excluding hydrogens is 300 g/mol. The Hall–Kier alpha value is -2.87. The zero-order valence-electron chi connectivity index (χ0n) is 13.8. The minimum absolute atomic E-state index is 0.0958. The van der Waals surface area contributed by atoms with Crippen molar-refractivity contribution >= 4 is 11.6 Å². The van der Waals surface area contributed by atoms with E-state index >= 15 is 0 Å². The van der Waals surface area contributed by atoms with Crippen LogP contribution < -0.4 is 4.90 Å². The van der Waals surface area contributed by atoms with E-state index in [1.54, 1.807) is 12.3 Å². The highest BCUT2D eigenvalue weighted by molar-refractivity contribution is 5.94. The molecule has 0 spiro atoms. The number of pyridine rings is 1. The Labute approximate surface area is 142 Å². The number of nitrogens with zero attached hydrogens (tertiary/aromatic N) is 4. The number of carbonyl (C=O) groups excluding carboxylic acids is 1. The number of amides is 1. The first-order valence-electron chi connectivity index (χ1n) is 8.14. The number of anilines is 1. The van der Waals surface area contributed by atoms with E-state index in [4.69, 9.17) is 5.26 Å². The summed E-state index contributed by atoms with van der Waals surface area (Å²) in [5, 5.41) is 8.84. The molecule has 3 rings (SSSR count).